The summed E-state index contributed by atoms with van der Waals surface area (Å²) in [5, 5.41) is 4.07. The molecular formula is C26H26N4O4. The predicted molar refractivity (Wildman–Crippen MR) is 126 cm³/mol. The van der Waals surface area contributed by atoms with Crippen LogP contribution in [0.3, 0.4) is 0 Å². The Labute approximate surface area is 196 Å². The second-order valence-corrected chi connectivity index (χ2v) is 9.72. The minimum absolute atomic E-state index is 0.156. The van der Waals surface area contributed by atoms with Gasteiger partial charge in [-0.25, -0.2) is 14.3 Å². The van der Waals surface area contributed by atoms with Crippen molar-refractivity contribution in [1.82, 2.24) is 19.7 Å². The van der Waals surface area contributed by atoms with Crippen molar-refractivity contribution < 1.29 is 18.8 Å². The molecule has 0 spiro atoms. The quantitative estimate of drug-likeness (QED) is 0.367. The number of nitrogens with zero attached hydrogens (tertiary/aromatic N) is 4. The van der Waals surface area contributed by atoms with Crippen LogP contribution in [-0.2, 0) is 4.74 Å². The van der Waals surface area contributed by atoms with Gasteiger partial charge in [-0.2, -0.15) is 0 Å². The van der Waals surface area contributed by atoms with Crippen LogP contribution < -0.4 is 0 Å². The average molecular weight is 459 g/mol. The van der Waals surface area contributed by atoms with Crippen molar-refractivity contribution in [2.75, 3.05) is 0 Å². The van der Waals surface area contributed by atoms with E-state index < -0.39 is 11.7 Å². The predicted octanol–water partition coefficient (Wildman–Crippen LogP) is 5.59. The first-order valence-corrected chi connectivity index (χ1v) is 11.3. The van der Waals surface area contributed by atoms with Crippen LogP contribution in [0.25, 0.3) is 22.2 Å². The van der Waals surface area contributed by atoms with Gasteiger partial charge >= 0.3 is 6.09 Å². The Balaban J connectivity index is 1.81. The first kappa shape index (κ1) is 22.0. The number of imidazole rings is 1. The SMILES string of the molecule is Cc1noc(C)c1-c1cc(C(=O)c2cccnc2)c2nc(C3CC3)n(C(=O)OC(C)(C)C)c2c1. The number of hydrogen-bond acceptors (Lipinski definition) is 7. The van der Waals surface area contributed by atoms with Crippen molar-refractivity contribution in [2.24, 2.45) is 0 Å². The standard InChI is InChI=1S/C26H26N4O4/c1-14-21(15(2)34-29-14)18-11-19(23(31)17-7-6-10-27-13-17)22-20(12-18)30(24(28-22)16-8-9-16)25(32)33-26(3,4)5/h6-7,10-13,16H,8-9H2,1-5H3. The minimum atomic E-state index is -0.678. The van der Waals surface area contributed by atoms with E-state index in [1.54, 1.807) is 24.4 Å². The Morgan fingerprint density at radius 1 is 1.18 bits per heavy atom. The van der Waals surface area contributed by atoms with Gasteiger partial charge in [-0.1, -0.05) is 5.16 Å². The van der Waals surface area contributed by atoms with Crippen LogP contribution in [0.4, 0.5) is 4.79 Å². The van der Waals surface area contributed by atoms with Crippen molar-refractivity contribution in [3.63, 3.8) is 0 Å². The van der Waals surface area contributed by atoms with E-state index in [-0.39, 0.29) is 11.7 Å². The maximum absolute atomic E-state index is 13.6. The Morgan fingerprint density at radius 3 is 2.53 bits per heavy atom. The minimum Gasteiger partial charge on any atom is -0.443 e. The second kappa shape index (κ2) is 7.90. The van der Waals surface area contributed by atoms with Crippen LogP contribution in [0.2, 0.25) is 0 Å². The summed E-state index contributed by atoms with van der Waals surface area (Å²) in [6.45, 7) is 9.15. The van der Waals surface area contributed by atoms with Gasteiger partial charge in [0.1, 0.15) is 22.7 Å². The highest BCUT2D eigenvalue weighted by atomic mass is 16.6. The Morgan fingerprint density at radius 2 is 1.94 bits per heavy atom. The number of pyridine rings is 1. The number of carbonyl (C=O) groups is 2. The van der Waals surface area contributed by atoms with Gasteiger partial charge in [0, 0.05) is 29.4 Å². The zero-order chi connectivity index (χ0) is 24.2. The van der Waals surface area contributed by atoms with Gasteiger partial charge in [-0.15, -0.1) is 0 Å². The third-order valence-corrected chi connectivity index (χ3v) is 5.80. The molecule has 1 aliphatic carbocycles. The monoisotopic (exact) mass is 458 g/mol. The van der Waals surface area contributed by atoms with E-state index in [1.807, 2.05) is 40.7 Å². The number of fused-ring (bicyclic) bond motifs is 1. The van der Waals surface area contributed by atoms with Crippen LogP contribution >= 0.6 is 0 Å². The normalized spacial score (nSPS) is 13.9. The highest BCUT2D eigenvalue weighted by Gasteiger charge is 2.35. The Bertz CT molecular complexity index is 1400. The molecule has 174 valence electrons. The van der Waals surface area contributed by atoms with Crippen molar-refractivity contribution >= 4 is 22.9 Å². The first-order valence-electron chi connectivity index (χ1n) is 11.3. The summed E-state index contributed by atoms with van der Waals surface area (Å²) in [7, 11) is 0. The van der Waals surface area contributed by atoms with Gasteiger partial charge in [-0.3, -0.25) is 9.78 Å². The third kappa shape index (κ3) is 3.89. The van der Waals surface area contributed by atoms with Crippen LogP contribution in [0.5, 0.6) is 0 Å². The van der Waals surface area contributed by atoms with Gasteiger partial charge in [0.25, 0.3) is 0 Å². The lowest BCUT2D eigenvalue weighted by Crippen LogP contribution is -2.28. The summed E-state index contributed by atoms with van der Waals surface area (Å²) >= 11 is 0. The summed E-state index contributed by atoms with van der Waals surface area (Å²) in [5.41, 5.74) is 3.36. The summed E-state index contributed by atoms with van der Waals surface area (Å²) < 4.78 is 12.6. The highest BCUT2D eigenvalue weighted by Crippen LogP contribution is 2.42. The molecule has 0 aliphatic heterocycles. The Hall–Kier alpha value is -3.81. The van der Waals surface area contributed by atoms with E-state index >= 15 is 0 Å². The van der Waals surface area contributed by atoms with Gasteiger partial charge in [0.15, 0.2) is 5.78 Å². The first-order chi connectivity index (χ1) is 16.1. The number of benzene rings is 1. The lowest BCUT2D eigenvalue weighted by atomic mass is 9.96. The molecule has 0 amide bonds. The molecule has 3 aromatic heterocycles. The molecule has 0 atom stereocenters. The number of aromatic nitrogens is 4. The molecule has 8 nitrogen and oxygen atoms in total. The Kier molecular flexibility index (Phi) is 5.11. The van der Waals surface area contributed by atoms with Crippen molar-refractivity contribution in [3.05, 3.63) is 65.1 Å². The maximum Gasteiger partial charge on any atom is 0.420 e. The fraction of sp³-hybridized carbons (Fsp3) is 0.346. The lowest BCUT2D eigenvalue weighted by molar-refractivity contribution is 0.0538. The number of aryl methyl sites for hydroxylation is 2. The fourth-order valence-corrected chi connectivity index (χ4v) is 4.18. The van der Waals surface area contributed by atoms with E-state index in [9.17, 15) is 9.59 Å². The van der Waals surface area contributed by atoms with Crippen LogP contribution in [0.15, 0.2) is 41.2 Å². The third-order valence-electron chi connectivity index (χ3n) is 5.80. The van der Waals surface area contributed by atoms with Crippen LogP contribution in [0.1, 0.15) is 72.7 Å². The van der Waals surface area contributed by atoms with Crippen molar-refractivity contribution in [2.45, 2.75) is 59.0 Å². The summed E-state index contributed by atoms with van der Waals surface area (Å²) in [6.07, 6.45) is 4.52. The molecule has 3 heterocycles. The highest BCUT2D eigenvalue weighted by molar-refractivity contribution is 6.16. The molecule has 1 fully saturated rings. The molecule has 1 aliphatic rings. The molecule has 5 rings (SSSR count). The molecule has 1 aromatic carbocycles. The zero-order valence-corrected chi connectivity index (χ0v) is 19.9. The number of carbonyl (C=O) groups excluding carboxylic acids is 2. The number of rotatable bonds is 4. The van der Waals surface area contributed by atoms with Crippen LogP contribution in [0, 0.1) is 13.8 Å². The smallest absolute Gasteiger partial charge is 0.420 e. The molecule has 0 radical (unpaired) electrons. The number of ether oxygens (including phenoxy) is 1. The van der Waals surface area contributed by atoms with Gasteiger partial charge in [-0.05, 0) is 77.3 Å². The van der Waals surface area contributed by atoms with Gasteiger partial charge in [0.05, 0.1) is 16.8 Å². The summed E-state index contributed by atoms with van der Waals surface area (Å²) in [5.74, 6) is 1.19. The van der Waals surface area contributed by atoms with Crippen LogP contribution in [-0.4, -0.2) is 37.2 Å². The second-order valence-electron chi connectivity index (χ2n) is 9.72. The van der Waals surface area contributed by atoms with E-state index in [4.69, 9.17) is 14.2 Å². The molecular weight excluding hydrogens is 432 g/mol. The van der Waals surface area contributed by atoms with E-state index in [0.717, 1.165) is 24.0 Å². The summed E-state index contributed by atoms with van der Waals surface area (Å²) in [6, 6.07) is 7.10. The molecule has 8 heteroatoms. The number of ketones is 1. The maximum atomic E-state index is 13.6. The zero-order valence-electron chi connectivity index (χ0n) is 19.9. The molecule has 34 heavy (non-hydrogen) atoms. The lowest BCUT2D eigenvalue weighted by Gasteiger charge is -2.20. The number of hydrogen-bond donors (Lipinski definition) is 0. The van der Waals surface area contributed by atoms with E-state index in [2.05, 4.69) is 10.1 Å². The topological polar surface area (TPSA) is 100 Å². The van der Waals surface area contributed by atoms with E-state index in [0.29, 0.717) is 39.4 Å². The fourth-order valence-electron chi connectivity index (χ4n) is 4.18. The van der Waals surface area contributed by atoms with Gasteiger partial charge in [0.2, 0.25) is 0 Å². The average Bonchev–Trinajstić information content (AvgIpc) is 3.48. The van der Waals surface area contributed by atoms with Crippen molar-refractivity contribution in [3.8, 4) is 11.1 Å². The molecule has 0 bridgehead atoms. The van der Waals surface area contributed by atoms with Gasteiger partial charge < -0.3 is 9.26 Å². The molecule has 0 saturated heterocycles. The molecule has 0 N–H and O–H groups in total. The largest absolute Gasteiger partial charge is 0.443 e. The summed E-state index contributed by atoms with van der Waals surface area (Å²) in [4.78, 5) is 35.9. The molecule has 1 saturated carbocycles. The van der Waals surface area contributed by atoms with E-state index in [1.165, 1.54) is 10.8 Å². The molecule has 4 aromatic rings. The molecule has 0 unspecified atom stereocenters. The van der Waals surface area contributed by atoms with Crippen molar-refractivity contribution in [1.29, 1.82) is 0 Å².